The molecule has 136 valence electrons. The fraction of sp³-hybridized carbons (Fsp3) is 0.941. The Morgan fingerprint density at radius 2 is 1.78 bits per heavy atom. The van der Waals surface area contributed by atoms with Crippen molar-refractivity contribution in [2.24, 2.45) is 0 Å². The molecule has 0 aromatic carbocycles. The minimum atomic E-state index is -0.478. The van der Waals surface area contributed by atoms with Gasteiger partial charge in [0, 0.05) is 39.9 Å². The quantitative estimate of drug-likeness (QED) is 0.740. The van der Waals surface area contributed by atoms with E-state index in [0.717, 1.165) is 32.2 Å². The maximum atomic E-state index is 12.2. The van der Waals surface area contributed by atoms with Gasteiger partial charge < -0.3 is 24.4 Å². The molecular formula is C17H34N2O4. The van der Waals surface area contributed by atoms with Crippen molar-refractivity contribution < 1.29 is 19.0 Å². The highest BCUT2D eigenvalue weighted by Gasteiger charge is 2.23. The van der Waals surface area contributed by atoms with E-state index in [0.29, 0.717) is 31.8 Å². The third-order valence-electron chi connectivity index (χ3n) is 4.04. The van der Waals surface area contributed by atoms with Crippen LogP contribution >= 0.6 is 0 Å². The first-order chi connectivity index (χ1) is 10.9. The molecule has 6 nitrogen and oxygen atoms in total. The number of rotatable bonds is 8. The molecule has 0 atom stereocenters. The van der Waals surface area contributed by atoms with E-state index in [-0.39, 0.29) is 6.09 Å². The van der Waals surface area contributed by atoms with Crippen LogP contribution in [0.5, 0.6) is 0 Å². The Labute approximate surface area is 140 Å². The average Bonchev–Trinajstić information content (AvgIpc) is 2.49. The number of carbonyl (C=O) groups excluding carboxylic acids is 1. The number of nitrogens with zero attached hydrogens (tertiary/aromatic N) is 1. The van der Waals surface area contributed by atoms with Gasteiger partial charge in [0.15, 0.2) is 0 Å². The topological polar surface area (TPSA) is 60.0 Å². The number of methoxy groups -OCH3 is 2. The molecule has 0 aromatic heterocycles. The minimum Gasteiger partial charge on any atom is -0.444 e. The molecule has 0 spiro atoms. The largest absolute Gasteiger partial charge is 0.444 e. The summed E-state index contributed by atoms with van der Waals surface area (Å²) in [6.07, 6.45) is 4.60. The second-order valence-corrected chi connectivity index (χ2v) is 7.12. The Balaban J connectivity index is 2.34. The molecule has 0 unspecified atom stereocenters. The highest BCUT2D eigenvalue weighted by atomic mass is 16.6. The number of hydrogen-bond donors (Lipinski definition) is 1. The standard InChI is InChI=1S/C17H34N2O4/c1-17(2,3)23-16(20)19(12-13-21-4)11-10-18-14-6-8-15(22-5)9-7-14/h14-15,18H,6-13H2,1-5H3. The van der Waals surface area contributed by atoms with Gasteiger partial charge in [-0.3, -0.25) is 0 Å². The van der Waals surface area contributed by atoms with Gasteiger partial charge in [-0.05, 0) is 46.5 Å². The van der Waals surface area contributed by atoms with Gasteiger partial charge in [0.05, 0.1) is 12.7 Å². The van der Waals surface area contributed by atoms with Crippen LogP contribution in [0.4, 0.5) is 4.79 Å². The lowest BCUT2D eigenvalue weighted by molar-refractivity contribution is 0.0200. The molecule has 0 aliphatic heterocycles. The summed E-state index contributed by atoms with van der Waals surface area (Å²) in [5.41, 5.74) is -0.478. The lowest BCUT2D eigenvalue weighted by Crippen LogP contribution is -2.44. The van der Waals surface area contributed by atoms with Gasteiger partial charge in [-0.15, -0.1) is 0 Å². The fourth-order valence-corrected chi connectivity index (χ4v) is 2.73. The van der Waals surface area contributed by atoms with Crippen molar-refractivity contribution >= 4 is 6.09 Å². The summed E-state index contributed by atoms with van der Waals surface area (Å²) < 4.78 is 15.9. The van der Waals surface area contributed by atoms with Crippen molar-refractivity contribution in [2.75, 3.05) is 40.5 Å². The molecule has 1 rings (SSSR count). The monoisotopic (exact) mass is 330 g/mol. The molecule has 1 saturated carbocycles. The summed E-state index contributed by atoms with van der Waals surface area (Å²) in [7, 11) is 3.42. The normalized spacial score (nSPS) is 22.0. The maximum absolute atomic E-state index is 12.2. The fourth-order valence-electron chi connectivity index (χ4n) is 2.73. The summed E-state index contributed by atoms with van der Waals surface area (Å²) in [5.74, 6) is 0. The van der Waals surface area contributed by atoms with E-state index in [4.69, 9.17) is 14.2 Å². The number of hydrogen-bond acceptors (Lipinski definition) is 5. The van der Waals surface area contributed by atoms with Gasteiger partial charge in [-0.2, -0.15) is 0 Å². The lowest BCUT2D eigenvalue weighted by Gasteiger charge is -2.30. The van der Waals surface area contributed by atoms with Gasteiger partial charge in [-0.25, -0.2) is 4.79 Å². The second kappa shape index (κ2) is 10.1. The molecule has 6 heteroatoms. The number of amides is 1. The summed E-state index contributed by atoms with van der Waals surface area (Å²) in [6, 6.07) is 0.518. The Bertz CT molecular complexity index is 336. The number of ether oxygens (including phenoxy) is 3. The van der Waals surface area contributed by atoms with E-state index in [1.54, 1.807) is 19.1 Å². The molecule has 0 radical (unpaired) electrons. The van der Waals surface area contributed by atoms with Gasteiger partial charge >= 0.3 is 6.09 Å². The molecule has 23 heavy (non-hydrogen) atoms. The first-order valence-electron chi connectivity index (χ1n) is 8.58. The van der Waals surface area contributed by atoms with Gasteiger partial charge in [0.25, 0.3) is 0 Å². The van der Waals surface area contributed by atoms with Crippen LogP contribution < -0.4 is 5.32 Å². The SMILES string of the molecule is COCCN(CCNC1CCC(OC)CC1)C(=O)OC(C)(C)C. The molecular weight excluding hydrogens is 296 g/mol. The highest BCUT2D eigenvalue weighted by Crippen LogP contribution is 2.20. The summed E-state index contributed by atoms with van der Waals surface area (Å²) >= 11 is 0. The van der Waals surface area contributed by atoms with E-state index in [2.05, 4.69) is 5.32 Å². The smallest absolute Gasteiger partial charge is 0.410 e. The Morgan fingerprint density at radius 3 is 2.30 bits per heavy atom. The molecule has 1 aliphatic rings. The Hall–Kier alpha value is -0.850. The third-order valence-corrected chi connectivity index (χ3v) is 4.04. The van der Waals surface area contributed by atoms with E-state index in [1.807, 2.05) is 20.8 Å². The van der Waals surface area contributed by atoms with Crippen LogP contribution in [0.15, 0.2) is 0 Å². The summed E-state index contributed by atoms with van der Waals surface area (Å²) in [4.78, 5) is 13.9. The molecule has 1 N–H and O–H groups in total. The van der Waals surface area contributed by atoms with E-state index in [1.165, 1.54) is 0 Å². The molecule has 0 saturated heterocycles. The number of carbonyl (C=O) groups is 1. The van der Waals surface area contributed by atoms with E-state index in [9.17, 15) is 4.79 Å². The zero-order valence-corrected chi connectivity index (χ0v) is 15.4. The first kappa shape index (κ1) is 20.2. The van der Waals surface area contributed by atoms with Gasteiger partial charge in [0.1, 0.15) is 5.60 Å². The predicted octanol–water partition coefficient (Wildman–Crippen LogP) is 2.42. The predicted molar refractivity (Wildman–Crippen MR) is 90.7 cm³/mol. The van der Waals surface area contributed by atoms with Crippen molar-refractivity contribution in [3.8, 4) is 0 Å². The maximum Gasteiger partial charge on any atom is 0.410 e. The second-order valence-electron chi connectivity index (χ2n) is 7.12. The van der Waals surface area contributed by atoms with Crippen LogP contribution in [-0.2, 0) is 14.2 Å². The van der Waals surface area contributed by atoms with Crippen LogP contribution in [0.25, 0.3) is 0 Å². The third kappa shape index (κ3) is 8.53. The molecule has 1 amide bonds. The highest BCUT2D eigenvalue weighted by molar-refractivity contribution is 5.68. The van der Waals surface area contributed by atoms with E-state index >= 15 is 0 Å². The molecule has 0 aromatic rings. The van der Waals surface area contributed by atoms with Crippen LogP contribution in [0.3, 0.4) is 0 Å². The Morgan fingerprint density at radius 1 is 1.13 bits per heavy atom. The van der Waals surface area contributed by atoms with Gasteiger partial charge in [0.2, 0.25) is 0 Å². The van der Waals surface area contributed by atoms with Gasteiger partial charge in [-0.1, -0.05) is 0 Å². The van der Waals surface area contributed by atoms with Crippen LogP contribution in [0.2, 0.25) is 0 Å². The summed E-state index contributed by atoms with van der Waals surface area (Å²) in [6.45, 7) is 8.10. The van der Waals surface area contributed by atoms with Crippen molar-refractivity contribution in [2.45, 2.75) is 64.2 Å². The zero-order valence-electron chi connectivity index (χ0n) is 15.4. The average molecular weight is 330 g/mol. The molecule has 0 bridgehead atoms. The minimum absolute atomic E-state index is 0.278. The van der Waals surface area contributed by atoms with Crippen LogP contribution in [-0.4, -0.2) is 69.2 Å². The zero-order chi connectivity index (χ0) is 17.3. The first-order valence-corrected chi connectivity index (χ1v) is 8.58. The van der Waals surface area contributed by atoms with Crippen LogP contribution in [0, 0.1) is 0 Å². The van der Waals surface area contributed by atoms with E-state index < -0.39 is 5.60 Å². The summed E-state index contributed by atoms with van der Waals surface area (Å²) in [5, 5.41) is 3.55. The Kier molecular flexibility index (Phi) is 8.87. The van der Waals surface area contributed by atoms with Crippen molar-refractivity contribution in [3.05, 3.63) is 0 Å². The van der Waals surface area contributed by atoms with Crippen molar-refractivity contribution in [3.63, 3.8) is 0 Å². The van der Waals surface area contributed by atoms with Crippen molar-refractivity contribution in [1.82, 2.24) is 10.2 Å². The lowest BCUT2D eigenvalue weighted by atomic mass is 9.93. The number of nitrogens with one attached hydrogen (secondary N) is 1. The van der Waals surface area contributed by atoms with Crippen LogP contribution in [0.1, 0.15) is 46.5 Å². The molecule has 1 aliphatic carbocycles. The molecule has 1 fully saturated rings. The molecule has 0 heterocycles. The van der Waals surface area contributed by atoms with Crippen molar-refractivity contribution in [1.29, 1.82) is 0 Å².